The average molecular weight is 295 g/mol. The summed E-state index contributed by atoms with van der Waals surface area (Å²) < 4.78 is 1.97. The first-order valence-electron chi connectivity index (χ1n) is 6.65. The summed E-state index contributed by atoms with van der Waals surface area (Å²) in [7, 11) is 1.86. The van der Waals surface area contributed by atoms with Crippen molar-refractivity contribution < 1.29 is 4.79 Å². The van der Waals surface area contributed by atoms with E-state index in [0.29, 0.717) is 19.0 Å². The molecule has 6 nitrogen and oxygen atoms in total. The molecule has 0 spiro atoms. The lowest BCUT2D eigenvalue weighted by Crippen LogP contribution is -2.37. The van der Waals surface area contributed by atoms with Crippen molar-refractivity contribution in [3.05, 3.63) is 17.3 Å². The van der Waals surface area contributed by atoms with Crippen LogP contribution in [0.25, 0.3) is 4.96 Å². The molecule has 2 rings (SSSR count). The molecule has 0 aliphatic rings. The Morgan fingerprint density at radius 2 is 2.35 bits per heavy atom. The fourth-order valence-electron chi connectivity index (χ4n) is 1.98. The molecule has 0 fully saturated rings. The minimum Gasteiger partial charge on any atom is -0.354 e. The normalized spacial score (nSPS) is 11.2. The second-order valence-electron chi connectivity index (χ2n) is 5.20. The number of likely N-dealkylation sites (N-methyl/N-ethyl adjacent to an activating group) is 1. The largest absolute Gasteiger partial charge is 0.354 e. The maximum atomic E-state index is 11.9. The zero-order chi connectivity index (χ0) is 14.7. The summed E-state index contributed by atoms with van der Waals surface area (Å²) in [5.41, 5.74) is 6.73. The Hall–Kier alpha value is -1.60. The number of nitrogens with zero attached hydrogens (tertiary/aromatic N) is 3. The smallest absolute Gasteiger partial charge is 0.239 e. The molecule has 0 saturated heterocycles. The molecule has 0 unspecified atom stereocenters. The molecule has 2 heterocycles. The molecule has 110 valence electrons. The molecular weight excluding hydrogens is 274 g/mol. The number of anilines is 1. The number of nitrogens with one attached hydrogen (secondary N) is 1. The predicted octanol–water partition coefficient (Wildman–Crippen LogP) is 1.06. The molecule has 7 heteroatoms. The van der Waals surface area contributed by atoms with Gasteiger partial charge in [-0.2, -0.15) is 0 Å². The van der Waals surface area contributed by atoms with Crippen molar-refractivity contribution in [3.63, 3.8) is 0 Å². The summed E-state index contributed by atoms with van der Waals surface area (Å²) in [5, 5.41) is 4.88. The van der Waals surface area contributed by atoms with Gasteiger partial charge in [-0.3, -0.25) is 9.20 Å². The first kappa shape index (κ1) is 14.8. The number of aromatic nitrogens is 2. The SMILES string of the molecule is CC(C)CNC(=O)CN(C)c1nc2sccn2c1CN. The van der Waals surface area contributed by atoms with Crippen molar-refractivity contribution in [2.45, 2.75) is 20.4 Å². The number of imidazole rings is 1. The summed E-state index contributed by atoms with van der Waals surface area (Å²) >= 11 is 1.56. The van der Waals surface area contributed by atoms with Crippen LogP contribution >= 0.6 is 11.3 Å². The minimum atomic E-state index is 0.000487. The van der Waals surface area contributed by atoms with Gasteiger partial charge >= 0.3 is 0 Å². The predicted molar refractivity (Wildman–Crippen MR) is 82.1 cm³/mol. The van der Waals surface area contributed by atoms with Crippen LogP contribution in [0.15, 0.2) is 11.6 Å². The summed E-state index contributed by atoms with van der Waals surface area (Å²) in [6, 6.07) is 0. The van der Waals surface area contributed by atoms with Crippen LogP contribution < -0.4 is 16.0 Å². The fraction of sp³-hybridized carbons (Fsp3) is 0.538. The van der Waals surface area contributed by atoms with Gasteiger partial charge in [0.15, 0.2) is 10.8 Å². The highest BCUT2D eigenvalue weighted by molar-refractivity contribution is 7.15. The summed E-state index contributed by atoms with van der Waals surface area (Å²) in [6.45, 7) is 5.50. The number of nitrogens with two attached hydrogens (primary N) is 1. The zero-order valence-corrected chi connectivity index (χ0v) is 12.9. The number of hydrogen-bond donors (Lipinski definition) is 2. The lowest BCUT2D eigenvalue weighted by Gasteiger charge is -2.18. The van der Waals surface area contributed by atoms with Gasteiger partial charge in [0, 0.05) is 31.7 Å². The van der Waals surface area contributed by atoms with Crippen LogP contribution in [0.1, 0.15) is 19.5 Å². The number of carbonyl (C=O) groups excluding carboxylic acids is 1. The maximum Gasteiger partial charge on any atom is 0.239 e. The summed E-state index contributed by atoms with van der Waals surface area (Å²) in [4.78, 5) is 19.2. The van der Waals surface area contributed by atoms with Gasteiger partial charge in [0.05, 0.1) is 12.2 Å². The third-order valence-electron chi connectivity index (χ3n) is 2.98. The molecule has 3 N–H and O–H groups in total. The van der Waals surface area contributed by atoms with Crippen LogP contribution in [-0.2, 0) is 11.3 Å². The van der Waals surface area contributed by atoms with E-state index in [1.807, 2.05) is 27.9 Å². The van der Waals surface area contributed by atoms with E-state index in [-0.39, 0.29) is 12.5 Å². The lowest BCUT2D eigenvalue weighted by atomic mass is 10.2. The number of fused-ring (bicyclic) bond motifs is 1. The van der Waals surface area contributed by atoms with Gasteiger partial charge in [0.25, 0.3) is 0 Å². The molecule has 20 heavy (non-hydrogen) atoms. The molecule has 0 aliphatic carbocycles. The van der Waals surface area contributed by atoms with E-state index >= 15 is 0 Å². The number of hydrogen-bond acceptors (Lipinski definition) is 5. The van der Waals surface area contributed by atoms with Gasteiger partial charge in [0.2, 0.25) is 5.91 Å². The van der Waals surface area contributed by atoms with E-state index in [1.54, 1.807) is 11.3 Å². The van der Waals surface area contributed by atoms with Gasteiger partial charge in [0.1, 0.15) is 0 Å². The van der Waals surface area contributed by atoms with Crippen molar-refractivity contribution >= 4 is 28.0 Å². The van der Waals surface area contributed by atoms with Gasteiger partial charge in [-0.15, -0.1) is 11.3 Å². The van der Waals surface area contributed by atoms with Crippen LogP contribution in [0, 0.1) is 5.92 Å². The van der Waals surface area contributed by atoms with Gasteiger partial charge in [-0.25, -0.2) is 4.98 Å². The third kappa shape index (κ3) is 3.10. The van der Waals surface area contributed by atoms with Crippen molar-refractivity contribution in [2.24, 2.45) is 11.7 Å². The molecule has 0 bridgehead atoms. The number of amides is 1. The molecule has 2 aromatic heterocycles. The quantitative estimate of drug-likeness (QED) is 0.835. The first-order valence-corrected chi connectivity index (χ1v) is 7.53. The Kier molecular flexibility index (Phi) is 4.61. The van der Waals surface area contributed by atoms with Crippen molar-refractivity contribution in [1.82, 2.24) is 14.7 Å². The maximum absolute atomic E-state index is 11.9. The van der Waals surface area contributed by atoms with Gasteiger partial charge in [-0.1, -0.05) is 13.8 Å². The van der Waals surface area contributed by atoms with Crippen LogP contribution in [0.3, 0.4) is 0 Å². The van der Waals surface area contributed by atoms with Crippen molar-refractivity contribution in [2.75, 3.05) is 25.0 Å². The number of carbonyl (C=O) groups is 1. The summed E-state index contributed by atoms with van der Waals surface area (Å²) in [6.07, 6.45) is 1.95. The molecule has 2 aromatic rings. The number of thiazole rings is 1. The van der Waals surface area contributed by atoms with Crippen molar-refractivity contribution in [1.29, 1.82) is 0 Å². The van der Waals surface area contributed by atoms with Crippen LogP contribution in [0.5, 0.6) is 0 Å². The van der Waals surface area contributed by atoms with Gasteiger partial charge in [-0.05, 0) is 5.92 Å². The fourth-order valence-corrected chi connectivity index (χ4v) is 2.71. The van der Waals surface area contributed by atoms with E-state index in [0.717, 1.165) is 16.5 Å². The van der Waals surface area contributed by atoms with E-state index in [4.69, 9.17) is 5.73 Å². The third-order valence-corrected chi connectivity index (χ3v) is 3.74. The second-order valence-corrected chi connectivity index (χ2v) is 6.07. The summed E-state index contributed by atoms with van der Waals surface area (Å²) in [5.74, 6) is 1.22. The van der Waals surface area contributed by atoms with E-state index in [9.17, 15) is 4.79 Å². The highest BCUT2D eigenvalue weighted by Crippen LogP contribution is 2.23. The highest BCUT2D eigenvalue weighted by Gasteiger charge is 2.17. The monoisotopic (exact) mass is 295 g/mol. The Morgan fingerprint density at radius 1 is 1.60 bits per heavy atom. The topological polar surface area (TPSA) is 75.7 Å². The Morgan fingerprint density at radius 3 is 3.00 bits per heavy atom. The second kappa shape index (κ2) is 6.23. The lowest BCUT2D eigenvalue weighted by molar-refractivity contribution is -0.119. The molecule has 0 radical (unpaired) electrons. The van der Waals surface area contributed by atoms with E-state index in [1.165, 1.54) is 0 Å². The van der Waals surface area contributed by atoms with Crippen molar-refractivity contribution in [3.8, 4) is 0 Å². The molecular formula is C13H21N5OS. The zero-order valence-electron chi connectivity index (χ0n) is 12.1. The van der Waals surface area contributed by atoms with Crippen LogP contribution in [-0.4, -0.2) is 35.4 Å². The molecule has 0 atom stereocenters. The van der Waals surface area contributed by atoms with E-state index < -0.39 is 0 Å². The molecule has 1 amide bonds. The molecule has 0 aromatic carbocycles. The Balaban J connectivity index is 2.08. The standard InChI is InChI=1S/C13H21N5OS/c1-9(2)7-15-11(19)8-17(3)12-10(6-14)18-4-5-20-13(18)16-12/h4-5,9H,6-8,14H2,1-3H3,(H,15,19). The minimum absolute atomic E-state index is 0.000487. The Labute approximate surface area is 122 Å². The molecule has 0 saturated carbocycles. The van der Waals surface area contributed by atoms with Crippen LogP contribution in [0.2, 0.25) is 0 Å². The van der Waals surface area contributed by atoms with E-state index in [2.05, 4.69) is 24.1 Å². The Bertz CT molecular complexity index is 589. The van der Waals surface area contributed by atoms with Gasteiger partial charge < -0.3 is 16.0 Å². The first-order chi connectivity index (χ1) is 9.52. The average Bonchev–Trinajstić information content (AvgIpc) is 2.95. The highest BCUT2D eigenvalue weighted by atomic mass is 32.1. The molecule has 0 aliphatic heterocycles. The number of rotatable bonds is 6. The van der Waals surface area contributed by atoms with Crippen LogP contribution in [0.4, 0.5) is 5.82 Å².